The molecule has 1 saturated heterocycles. The number of amides is 2. The maximum Gasteiger partial charge on any atom is 0.573 e. The minimum Gasteiger partial charge on any atom is -0.441 e. The molecule has 0 atom stereocenters. The number of aromatic nitrogens is 1. The van der Waals surface area contributed by atoms with Gasteiger partial charge >= 0.3 is 12.5 Å². The number of pyridine rings is 1. The number of benzene rings is 1. The molecule has 1 aromatic carbocycles. The number of nitrogens with one attached hydrogen (secondary N) is 1. The lowest BCUT2D eigenvalue weighted by Crippen LogP contribution is -2.41. The first-order valence-electron chi connectivity index (χ1n) is 10.1. The van der Waals surface area contributed by atoms with E-state index >= 15 is 0 Å². The molecular weight excluding hydrogens is 448 g/mol. The third-order valence-electron chi connectivity index (χ3n) is 5.73. The number of hydrogen-bond donors (Lipinski definition) is 2. The molecule has 4 rings (SSSR count). The standard InChI is InChI=1S/C21H20F4N4O4/c22-16-2-1-3-17(28-16)29-11-20(33-19(29)31)8-6-12(7-9-20)18(30)27-15-10-13(4-5-14(15)26)32-21(23,24)25/h1-5,10,12H,6-9,11,26H2,(H,27,30). The highest BCUT2D eigenvalue weighted by atomic mass is 19.4. The zero-order chi connectivity index (χ0) is 23.8. The minimum atomic E-state index is -4.87. The molecule has 2 aromatic rings. The van der Waals surface area contributed by atoms with Crippen LogP contribution < -0.4 is 20.7 Å². The molecule has 176 valence electrons. The number of alkyl halides is 3. The van der Waals surface area contributed by atoms with Gasteiger partial charge in [0, 0.05) is 12.0 Å². The highest BCUT2D eigenvalue weighted by molar-refractivity contribution is 5.96. The van der Waals surface area contributed by atoms with E-state index in [2.05, 4.69) is 15.0 Å². The zero-order valence-electron chi connectivity index (χ0n) is 17.2. The summed E-state index contributed by atoms with van der Waals surface area (Å²) in [7, 11) is 0. The number of carbonyl (C=O) groups is 2. The van der Waals surface area contributed by atoms with Gasteiger partial charge in [-0.25, -0.2) is 9.78 Å². The lowest BCUT2D eigenvalue weighted by molar-refractivity contribution is -0.274. The number of carbonyl (C=O) groups excluding carboxylic acids is 2. The van der Waals surface area contributed by atoms with Gasteiger partial charge in [-0.15, -0.1) is 13.2 Å². The first kappa shape index (κ1) is 22.6. The normalized spacial score (nSPS) is 22.8. The Hall–Kier alpha value is -3.57. The Labute approximate surface area is 185 Å². The van der Waals surface area contributed by atoms with Crippen LogP contribution in [0.1, 0.15) is 25.7 Å². The first-order valence-corrected chi connectivity index (χ1v) is 10.1. The number of halogens is 4. The smallest absolute Gasteiger partial charge is 0.441 e. The fraction of sp³-hybridized carbons (Fsp3) is 0.381. The Morgan fingerprint density at radius 1 is 1.24 bits per heavy atom. The summed E-state index contributed by atoms with van der Waals surface area (Å²) in [5, 5.41) is 2.55. The van der Waals surface area contributed by atoms with Crippen LogP contribution in [0, 0.1) is 11.9 Å². The van der Waals surface area contributed by atoms with Crippen LogP contribution in [0.3, 0.4) is 0 Å². The summed E-state index contributed by atoms with van der Waals surface area (Å²) in [6.45, 7) is 0.181. The Kier molecular flexibility index (Phi) is 5.76. The molecule has 12 heteroatoms. The number of rotatable bonds is 4. The van der Waals surface area contributed by atoms with E-state index in [1.54, 1.807) is 0 Å². The summed E-state index contributed by atoms with van der Waals surface area (Å²) in [6, 6.07) is 7.38. The summed E-state index contributed by atoms with van der Waals surface area (Å²) < 4.78 is 60.2. The largest absolute Gasteiger partial charge is 0.573 e. The summed E-state index contributed by atoms with van der Waals surface area (Å²) in [5.41, 5.74) is 5.06. The Morgan fingerprint density at radius 2 is 1.97 bits per heavy atom. The van der Waals surface area contributed by atoms with Gasteiger partial charge < -0.3 is 20.5 Å². The van der Waals surface area contributed by atoms with Gasteiger partial charge in [0.1, 0.15) is 17.2 Å². The van der Waals surface area contributed by atoms with Crippen molar-refractivity contribution in [2.75, 3.05) is 22.5 Å². The summed E-state index contributed by atoms with van der Waals surface area (Å²) >= 11 is 0. The van der Waals surface area contributed by atoms with Crippen molar-refractivity contribution in [2.24, 2.45) is 5.92 Å². The van der Waals surface area contributed by atoms with Crippen LogP contribution in [0.5, 0.6) is 5.75 Å². The zero-order valence-corrected chi connectivity index (χ0v) is 17.2. The van der Waals surface area contributed by atoms with Crippen molar-refractivity contribution in [1.82, 2.24) is 4.98 Å². The summed E-state index contributed by atoms with van der Waals surface area (Å²) in [5.74, 6) is -1.94. The topological polar surface area (TPSA) is 107 Å². The second-order valence-electron chi connectivity index (χ2n) is 8.02. The number of ether oxygens (including phenoxy) is 2. The minimum absolute atomic E-state index is 0.0117. The highest BCUT2D eigenvalue weighted by Gasteiger charge is 2.49. The predicted molar refractivity (Wildman–Crippen MR) is 109 cm³/mol. The fourth-order valence-electron chi connectivity index (χ4n) is 4.09. The molecule has 33 heavy (non-hydrogen) atoms. The van der Waals surface area contributed by atoms with Crippen LogP contribution in [-0.4, -0.2) is 35.5 Å². The molecular formula is C21H20F4N4O4. The summed E-state index contributed by atoms with van der Waals surface area (Å²) in [4.78, 5) is 30.0. The van der Waals surface area contributed by atoms with Gasteiger partial charge in [0.2, 0.25) is 11.9 Å². The van der Waals surface area contributed by atoms with Gasteiger partial charge in [-0.2, -0.15) is 4.39 Å². The van der Waals surface area contributed by atoms with Crippen molar-refractivity contribution in [3.63, 3.8) is 0 Å². The van der Waals surface area contributed by atoms with Crippen LogP contribution >= 0.6 is 0 Å². The van der Waals surface area contributed by atoms with E-state index in [4.69, 9.17) is 10.5 Å². The van der Waals surface area contributed by atoms with E-state index in [1.165, 1.54) is 29.2 Å². The maximum atomic E-state index is 13.4. The Morgan fingerprint density at radius 3 is 2.64 bits per heavy atom. The average molecular weight is 468 g/mol. The van der Waals surface area contributed by atoms with Crippen LogP contribution in [0.4, 0.5) is 39.5 Å². The van der Waals surface area contributed by atoms with Crippen molar-refractivity contribution in [1.29, 1.82) is 0 Å². The van der Waals surface area contributed by atoms with Crippen LogP contribution in [-0.2, 0) is 9.53 Å². The van der Waals surface area contributed by atoms with Gasteiger partial charge in [0.25, 0.3) is 0 Å². The number of hydrogen-bond acceptors (Lipinski definition) is 6. The molecule has 0 radical (unpaired) electrons. The second kappa shape index (κ2) is 8.41. The van der Waals surface area contributed by atoms with Crippen LogP contribution in [0.15, 0.2) is 36.4 Å². The van der Waals surface area contributed by atoms with Crippen molar-refractivity contribution < 1.29 is 36.6 Å². The number of nitrogens with zero attached hydrogens (tertiary/aromatic N) is 2. The molecule has 2 fully saturated rings. The molecule has 1 aliphatic carbocycles. The van der Waals surface area contributed by atoms with Gasteiger partial charge in [-0.3, -0.25) is 9.69 Å². The quantitative estimate of drug-likeness (QED) is 0.395. The third kappa shape index (κ3) is 5.10. The van der Waals surface area contributed by atoms with E-state index in [0.29, 0.717) is 25.7 Å². The van der Waals surface area contributed by atoms with E-state index in [9.17, 15) is 27.2 Å². The maximum absolute atomic E-state index is 13.4. The fourth-order valence-corrected chi connectivity index (χ4v) is 4.09. The molecule has 2 amide bonds. The molecule has 1 aliphatic heterocycles. The van der Waals surface area contributed by atoms with E-state index in [0.717, 1.165) is 12.1 Å². The first-order chi connectivity index (χ1) is 15.5. The van der Waals surface area contributed by atoms with Crippen molar-refractivity contribution >= 4 is 29.2 Å². The van der Waals surface area contributed by atoms with Crippen molar-refractivity contribution in [2.45, 2.75) is 37.6 Å². The van der Waals surface area contributed by atoms with Crippen molar-refractivity contribution in [3.05, 3.63) is 42.3 Å². The molecule has 1 spiro atoms. The van der Waals surface area contributed by atoms with Crippen LogP contribution in [0.2, 0.25) is 0 Å². The van der Waals surface area contributed by atoms with Gasteiger partial charge in [0.15, 0.2) is 0 Å². The molecule has 3 N–H and O–H groups in total. The lowest BCUT2D eigenvalue weighted by Gasteiger charge is -2.34. The Balaban J connectivity index is 1.38. The Bertz CT molecular complexity index is 1070. The van der Waals surface area contributed by atoms with Crippen LogP contribution in [0.25, 0.3) is 0 Å². The van der Waals surface area contributed by atoms with Gasteiger partial charge in [-0.05, 0) is 49.9 Å². The molecule has 8 nitrogen and oxygen atoms in total. The van der Waals surface area contributed by atoms with E-state index in [1.807, 2.05) is 0 Å². The monoisotopic (exact) mass is 468 g/mol. The molecule has 0 unspecified atom stereocenters. The molecule has 0 bridgehead atoms. The van der Waals surface area contributed by atoms with Crippen molar-refractivity contribution in [3.8, 4) is 5.75 Å². The lowest BCUT2D eigenvalue weighted by atomic mass is 9.78. The third-order valence-corrected chi connectivity index (χ3v) is 5.73. The average Bonchev–Trinajstić information content (AvgIpc) is 3.05. The SMILES string of the molecule is Nc1ccc(OC(F)(F)F)cc1NC(=O)C1CCC2(CC1)CN(c1cccc(F)n1)C(=O)O2. The van der Waals surface area contributed by atoms with Gasteiger partial charge in [0.05, 0.1) is 17.9 Å². The highest BCUT2D eigenvalue weighted by Crippen LogP contribution is 2.41. The molecule has 1 aromatic heterocycles. The predicted octanol–water partition coefficient (Wildman–Crippen LogP) is 4.23. The number of nitrogen functional groups attached to an aromatic ring is 1. The molecule has 1 saturated carbocycles. The van der Waals surface area contributed by atoms with E-state index < -0.39 is 41.6 Å². The summed E-state index contributed by atoms with van der Waals surface area (Å²) in [6.07, 6.45) is -3.98. The van der Waals surface area contributed by atoms with E-state index in [-0.39, 0.29) is 23.7 Å². The van der Waals surface area contributed by atoms with Gasteiger partial charge in [-0.1, -0.05) is 6.07 Å². The second-order valence-corrected chi connectivity index (χ2v) is 8.02. The molecule has 2 aliphatic rings. The molecule has 2 heterocycles. The number of nitrogens with two attached hydrogens (primary N) is 1. The number of anilines is 3.